The third kappa shape index (κ3) is 5.32. The third-order valence-corrected chi connectivity index (χ3v) is 5.87. The van der Waals surface area contributed by atoms with Gasteiger partial charge in [-0.15, -0.1) is 0 Å². The number of sulfonamides is 1. The number of nitrogens with zero attached hydrogens (tertiary/aromatic N) is 2. The second-order valence-electron chi connectivity index (χ2n) is 6.99. The van der Waals surface area contributed by atoms with E-state index in [0.29, 0.717) is 11.1 Å². The smallest absolute Gasteiger partial charge is 0.271 e. The third-order valence-electron chi connectivity index (χ3n) is 4.70. The minimum absolute atomic E-state index is 0.0723. The molecule has 2 rings (SSSR count). The van der Waals surface area contributed by atoms with Gasteiger partial charge in [0.25, 0.3) is 5.69 Å². The Kier molecular flexibility index (Phi) is 7.14. The molecule has 2 aromatic carbocycles. The van der Waals surface area contributed by atoms with Crippen LogP contribution >= 0.6 is 0 Å². The average Bonchev–Trinajstić information content (AvgIpc) is 2.66. The summed E-state index contributed by atoms with van der Waals surface area (Å²) < 4.78 is 39.3. The number of benzene rings is 2. The molecule has 0 radical (unpaired) electrons. The molecule has 2 atom stereocenters. The molecular formula is C20H24FN3O5S. The molecule has 2 aromatic rings. The predicted molar refractivity (Wildman–Crippen MR) is 112 cm³/mol. The van der Waals surface area contributed by atoms with Crippen molar-refractivity contribution < 1.29 is 22.5 Å². The molecule has 162 valence electrons. The Hall–Kier alpha value is -3.01. The highest BCUT2D eigenvalue weighted by atomic mass is 32.2. The number of aryl methyl sites for hydroxylation is 1. The van der Waals surface area contributed by atoms with Crippen LogP contribution in [-0.2, 0) is 14.8 Å². The summed E-state index contributed by atoms with van der Waals surface area (Å²) in [7, 11) is -3.94. The second kappa shape index (κ2) is 9.21. The van der Waals surface area contributed by atoms with Gasteiger partial charge < -0.3 is 5.32 Å². The van der Waals surface area contributed by atoms with Gasteiger partial charge in [0.1, 0.15) is 11.9 Å². The maximum Gasteiger partial charge on any atom is 0.271 e. The molecule has 0 heterocycles. The Morgan fingerprint density at radius 2 is 1.83 bits per heavy atom. The van der Waals surface area contributed by atoms with Gasteiger partial charge in [-0.3, -0.25) is 19.2 Å². The molecule has 0 aliphatic carbocycles. The van der Waals surface area contributed by atoms with E-state index in [1.165, 1.54) is 36.4 Å². The van der Waals surface area contributed by atoms with E-state index in [0.717, 1.165) is 16.6 Å². The summed E-state index contributed by atoms with van der Waals surface area (Å²) in [6, 6.07) is 7.84. The quantitative estimate of drug-likeness (QED) is 0.502. The zero-order valence-electron chi connectivity index (χ0n) is 17.1. The topological polar surface area (TPSA) is 110 Å². The highest BCUT2D eigenvalue weighted by Gasteiger charge is 2.33. The molecule has 30 heavy (non-hydrogen) atoms. The first-order chi connectivity index (χ1) is 14.0. The van der Waals surface area contributed by atoms with Crippen molar-refractivity contribution in [2.75, 3.05) is 10.6 Å². The van der Waals surface area contributed by atoms with Crippen molar-refractivity contribution >= 4 is 27.3 Å². The molecule has 0 spiro atoms. The summed E-state index contributed by atoms with van der Waals surface area (Å²) in [6.07, 6.45) is 1.09. The van der Waals surface area contributed by atoms with E-state index < -0.39 is 38.8 Å². The van der Waals surface area contributed by atoms with Gasteiger partial charge in [-0.1, -0.05) is 25.1 Å². The van der Waals surface area contributed by atoms with Gasteiger partial charge in [-0.25, -0.2) is 12.8 Å². The fraction of sp³-hybridized carbons (Fsp3) is 0.350. The van der Waals surface area contributed by atoms with Crippen LogP contribution < -0.4 is 9.62 Å². The summed E-state index contributed by atoms with van der Waals surface area (Å²) in [5, 5.41) is 13.9. The summed E-state index contributed by atoms with van der Waals surface area (Å²) in [6.45, 7) is 4.96. The Bertz CT molecular complexity index is 1040. The normalized spacial score (nSPS) is 13.4. The Morgan fingerprint density at radius 1 is 1.23 bits per heavy atom. The van der Waals surface area contributed by atoms with Gasteiger partial charge >= 0.3 is 0 Å². The molecular weight excluding hydrogens is 413 g/mol. The van der Waals surface area contributed by atoms with E-state index in [1.807, 2.05) is 0 Å². The van der Waals surface area contributed by atoms with E-state index in [9.17, 15) is 27.7 Å². The van der Waals surface area contributed by atoms with Crippen molar-refractivity contribution in [2.45, 2.75) is 39.3 Å². The maximum atomic E-state index is 13.1. The van der Waals surface area contributed by atoms with Crippen molar-refractivity contribution in [1.82, 2.24) is 5.32 Å². The number of carbonyl (C=O) groups is 1. The number of halogens is 1. The maximum absolute atomic E-state index is 13.1. The van der Waals surface area contributed by atoms with Crippen LogP contribution in [-0.4, -0.2) is 31.5 Å². The summed E-state index contributed by atoms with van der Waals surface area (Å²) in [5.41, 5.74) is 0.920. The number of hydrogen-bond acceptors (Lipinski definition) is 5. The van der Waals surface area contributed by atoms with Crippen LogP contribution in [0, 0.1) is 22.9 Å². The molecule has 8 nitrogen and oxygen atoms in total. The van der Waals surface area contributed by atoms with E-state index in [2.05, 4.69) is 5.32 Å². The van der Waals surface area contributed by atoms with Crippen LogP contribution in [0.2, 0.25) is 0 Å². The first-order valence-electron chi connectivity index (χ1n) is 9.26. The lowest BCUT2D eigenvalue weighted by Gasteiger charge is -2.32. The SMILES string of the molecule is CC[C@H](C(=O)N[C@@H](C)c1ccc(F)cc1)N(c1cc([N+](=O)[O-])ccc1C)S(C)(=O)=O. The van der Waals surface area contributed by atoms with Crippen molar-refractivity contribution in [1.29, 1.82) is 0 Å². The van der Waals surface area contributed by atoms with Gasteiger partial charge in [0.05, 0.1) is 22.9 Å². The number of nitro benzene ring substituents is 1. The van der Waals surface area contributed by atoms with E-state index in [1.54, 1.807) is 20.8 Å². The fourth-order valence-electron chi connectivity index (χ4n) is 3.13. The van der Waals surface area contributed by atoms with Gasteiger partial charge in [0.15, 0.2) is 0 Å². The lowest BCUT2D eigenvalue weighted by Crippen LogP contribution is -2.50. The number of amides is 1. The highest BCUT2D eigenvalue weighted by Crippen LogP contribution is 2.30. The Balaban J connectivity index is 2.42. The number of nitrogens with one attached hydrogen (secondary N) is 1. The summed E-state index contributed by atoms with van der Waals surface area (Å²) in [4.78, 5) is 23.5. The minimum atomic E-state index is -3.94. The van der Waals surface area contributed by atoms with Crippen LogP contribution in [0.1, 0.15) is 37.4 Å². The zero-order chi connectivity index (χ0) is 22.6. The lowest BCUT2D eigenvalue weighted by atomic mass is 10.1. The first kappa shape index (κ1) is 23.3. The standard InChI is InChI=1S/C20H24FN3O5S/c1-5-18(20(25)22-14(3)15-7-9-16(21)10-8-15)23(30(4,28)29)19-12-17(24(26)27)11-6-13(19)2/h6-12,14,18H,5H2,1-4H3,(H,22,25)/t14-,18+/m0/s1. The number of rotatable bonds is 8. The van der Waals surface area contributed by atoms with Crippen LogP contribution in [0.25, 0.3) is 0 Å². The zero-order valence-corrected chi connectivity index (χ0v) is 17.9. The van der Waals surface area contributed by atoms with Crippen molar-refractivity contribution in [3.63, 3.8) is 0 Å². The predicted octanol–water partition coefficient (Wildman–Crippen LogP) is 3.46. The van der Waals surface area contributed by atoms with Gasteiger partial charge in [0.2, 0.25) is 15.9 Å². The minimum Gasteiger partial charge on any atom is -0.348 e. The van der Waals surface area contributed by atoms with Crippen molar-refractivity contribution in [2.24, 2.45) is 0 Å². The molecule has 0 bridgehead atoms. The largest absolute Gasteiger partial charge is 0.348 e. The number of anilines is 1. The van der Waals surface area contributed by atoms with Crippen LogP contribution in [0.5, 0.6) is 0 Å². The molecule has 1 N–H and O–H groups in total. The first-order valence-corrected chi connectivity index (χ1v) is 11.1. The molecule has 0 fully saturated rings. The molecule has 0 saturated heterocycles. The molecule has 0 aliphatic heterocycles. The monoisotopic (exact) mass is 437 g/mol. The van der Waals surface area contributed by atoms with E-state index in [4.69, 9.17) is 0 Å². The molecule has 10 heteroatoms. The van der Waals surface area contributed by atoms with Gasteiger partial charge in [-0.05, 0) is 43.5 Å². The second-order valence-corrected chi connectivity index (χ2v) is 8.85. The highest BCUT2D eigenvalue weighted by molar-refractivity contribution is 7.92. The lowest BCUT2D eigenvalue weighted by molar-refractivity contribution is -0.384. The Morgan fingerprint density at radius 3 is 2.33 bits per heavy atom. The van der Waals surface area contributed by atoms with Crippen molar-refractivity contribution in [3.8, 4) is 0 Å². The van der Waals surface area contributed by atoms with Crippen LogP contribution in [0.3, 0.4) is 0 Å². The summed E-state index contributed by atoms with van der Waals surface area (Å²) >= 11 is 0. The molecule has 0 aliphatic rings. The molecule has 1 amide bonds. The number of non-ortho nitro benzene ring substituents is 1. The number of nitro groups is 1. The average molecular weight is 437 g/mol. The van der Waals surface area contributed by atoms with Crippen LogP contribution in [0.4, 0.5) is 15.8 Å². The molecule has 0 unspecified atom stereocenters. The molecule has 0 saturated carbocycles. The Labute approximate surface area is 174 Å². The fourth-order valence-corrected chi connectivity index (χ4v) is 4.39. The van der Waals surface area contributed by atoms with Crippen LogP contribution in [0.15, 0.2) is 42.5 Å². The van der Waals surface area contributed by atoms with E-state index in [-0.39, 0.29) is 17.8 Å². The summed E-state index contributed by atoms with van der Waals surface area (Å²) in [5.74, 6) is -0.973. The number of hydrogen-bond donors (Lipinski definition) is 1. The molecule has 0 aromatic heterocycles. The number of carbonyl (C=O) groups excluding carboxylic acids is 1. The van der Waals surface area contributed by atoms with Crippen molar-refractivity contribution in [3.05, 3.63) is 69.5 Å². The van der Waals surface area contributed by atoms with Gasteiger partial charge in [0, 0.05) is 12.1 Å². The van der Waals surface area contributed by atoms with E-state index >= 15 is 0 Å². The van der Waals surface area contributed by atoms with Gasteiger partial charge in [-0.2, -0.15) is 0 Å².